The number of allylic oxidation sites excluding steroid dienone is 1. The third kappa shape index (κ3) is 6.94. The highest BCUT2D eigenvalue weighted by Gasteiger charge is 2.63. The molecule has 1 aliphatic heterocycles. The number of hydrogen-bond acceptors (Lipinski definition) is 9. The van der Waals surface area contributed by atoms with Crippen LogP contribution in [-0.2, 0) is 18.8 Å². The smallest absolute Gasteiger partial charge is 0.359 e. The van der Waals surface area contributed by atoms with Gasteiger partial charge in [0.15, 0.2) is 25.2 Å². The molecule has 0 bridgehead atoms. The number of esters is 1. The van der Waals surface area contributed by atoms with Crippen LogP contribution in [-0.4, -0.2) is 46.9 Å². The van der Waals surface area contributed by atoms with Crippen LogP contribution in [0.3, 0.4) is 0 Å². The van der Waals surface area contributed by atoms with Gasteiger partial charge in [0, 0.05) is 0 Å². The number of para-hydroxylation sites is 1. The van der Waals surface area contributed by atoms with E-state index in [1.807, 2.05) is 91.9 Å². The summed E-state index contributed by atoms with van der Waals surface area (Å²) in [4.78, 5) is 34.6. The van der Waals surface area contributed by atoms with E-state index in [1.165, 1.54) is 33.4 Å². The minimum Gasteiger partial charge on any atom is -0.510 e. The van der Waals surface area contributed by atoms with Gasteiger partial charge in [0.1, 0.15) is 11.1 Å². The van der Waals surface area contributed by atoms with Gasteiger partial charge in [-0.25, -0.2) is 9.78 Å². The van der Waals surface area contributed by atoms with Crippen LogP contribution in [0.15, 0.2) is 101 Å². The zero-order chi connectivity index (χ0) is 33.2. The lowest BCUT2D eigenvalue weighted by Crippen LogP contribution is -2.70. The van der Waals surface area contributed by atoms with E-state index in [0.29, 0.717) is 0 Å². The van der Waals surface area contributed by atoms with Crippen molar-refractivity contribution < 1.29 is 23.9 Å². The first-order chi connectivity index (χ1) is 21.8. The van der Waals surface area contributed by atoms with Gasteiger partial charge in [-0.2, -0.15) is 0 Å². The molecule has 0 aliphatic carbocycles. The summed E-state index contributed by atoms with van der Waals surface area (Å²) in [6.07, 6.45) is -0.741. The molecule has 11 heteroatoms. The standard InChI is InChI=1S/C35H40N2O5S3Si/c1-22(38)28(32(40)41-29(23-16-10-8-11-17-23)24-18-12-9-13-19-24)37-30(39)27(35(5,34(2,3)4)42-46(6)7)31(37)44-45-33-36-25-20-14-15-21-26(25)43-33/h8-21,27,29,31,38,46H,1-7H3/b28-22+/t27?,31?,35-/m0/s1. The molecule has 2 unspecified atom stereocenters. The Morgan fingerprint density at radius 2 is 1.52 bits per heavy atom. The topological polar surface area (TPSA) is 89.0 Å². The molecule has 242 valence electrons. The number of aromatic nitrogens is 1. The summed E-state index contributed by atoms with van der Waals surface area (Å²) < 4.78 is 14.8. The molecule has 2 heterocycles. The van der Waals surface area contributed by atoms with E-state index in [9.17, 15) is 14.7 Å². The highest BCUT2D eigenvalue weighted by molar-refractivity contribution is 8.77. The summed E-state index contributed by atoms with van der Waals surface area (Å²) in [5, 5.41) is 10.5. The number of carbonyl (C=O) groups is 2. The molecule has 46 heavy (non-hydrogen) atoms. The van der Waals surface area contributed by atoms with E-state index < -0.39 is 43.4 Å². The van der Waals surface area contributed by atoms with Crippen LogP contribution in [0, 0.1) is 11.3 Å². The molecule has 0 saturated carbocycles. The van der Waals surface area contributed by atoms with Crippen molar-refractivity contribution in [2.45, 2.75) is 69.1 Å². The van der Waals surface area contributed by atoms with Gasteiger partial charge in [0.2, 0.25) is 5.91 Å². The first-order valence-electron chi connectivity index (χ1n) is 15.2. The number of rotatable bonds is 11. The number of ether oxygens (including phenoxy) is 1. The number of β-lactam (4-membered cyclic amide) rings is 1. The number of aliphatic hydroxyl groups excluding tert-OH is 1. The van der Waals surface area contributed by atoms with Crippen molar-refractivity contribution in [1.82, 2.24) is 9.88 Å². The van der Waals surface area contributed by atoms with E-state index >= 15 is 0 Å². The van der Waals surface area contributed by atoms with E-state index in [1.54, 1.807) is 11.3 Å². The number of aliphatic hydroxyl groups is 1. The summed E-state index contributed by atoms with van der Waals surface area (Å²) in [5.41, 5.74) is 1.06. The Kier molecular flexibility index (Phi) is 10.4. The van der Waals surface area contributed by atoms with E-state index in [2.05, 4.69) is 33.9 Å². The van der Waals surface area contributed by atoms with Gasteiger partial charge in [-0.1, -0.05) is 104 Å². The Balaban J connectivity index is 1.51. The monoisotopic (exact) mass is 692 g/mol. The number of likely N-dealkylation sites (tertiary alicyclic amines) is 1. The van der Waals surface area contributed by atoms with Gasteiger partial charge in [0.05, 0.1) is 21.7 Å². The molecule has 1 fully saturated rings. The molecule has 0 spiro atoms. The quantitative estimate of drug-likeness (QED) is 0.0417. The van der Waals surface area contributed by atoms with Crippen molar-refractivity contribution in [3.05, 3.63) is 108 Å². The van der Waals surface area contributed by atoms with Crippen molar-refractivity contribution in [3.8, 4) is 0 Å². The Hall–Kier alpha value is -3.09. The fourth-order valence-corrected chi connectivity index (χ4v) is 11.2. The van der Waals surface area contributed by atoms with Gasteiger partial charge < -0.3 is 14.3 Å². The highest BCUT2D eigenvalue weighted by Crippen LogP contribution is 2.55. The average molecular weight is 693 g/mol. The molecule has 0 radical (unpaired) electrons. The first kappa shape index (κ1) is 34.2. The molecule has 1 saturated heterocycles. The lowest BCUT2D eigenvalue weighted by molar-refractivity contribution is -0.176. The zero-order valence-electron chi connectivity index (χ0n) is 27.1. The van der Waals surface area contributed by atoms with Crippen LogP contribution in [0.1, 0.15) is 51.8 Å². The molecule has 3 aromatic carbocycles. The highest BCUT2D eigenvalue weighted by atomic mass is 33.1. The SMILES string of the molecule is C/C(O)=C(/C(=O)OC(c1ccccc1)c1ccccc1)N1C(=O)C([C@](C)(O[SiH](C)C)C(C)(C)C)C1SSc1nc2ccccc2s1. The second kappa shape index (κ2) is 13.9. The molecular weight excluding hydrogens is 653 g/mol. The molecule has 1 N–H and O–H groups in total. The van der Waals surface area contributed by atoms with Crippen LogP contribution < -0.4 is 0 Å². The van der Waals surface area contributed by atoms with Gasteiger partial charge in [-0.15, -0.1) is 11.3 Å². The number of benzene rings is 3. The number of amides is 1. The maximum absolute atomic E-state index is 14.3. The largest absolute Gasteiger partial charge is 0.510 e. The Labute approximate surface area is 284 Å². The van der Waals surface area contributed by atoms with Crippen molar-refractivity contribution in [3.63, 3.8) is 0 Å². The molecule has 1 aliphatic rings. The van der Waals surface area contributed by atoms with Gasteiger partial charge in [0.25, 0.3) is 0 Å². The minimum atomic E-state index is -1.61. The Morgan fingerprint density at radius 3 is 2.04 bits per heavy atom. The second-order valence-corrected chi connectivity index (χ2v) is 18.7. The number of thiazole rings is 1. The third-order valence-corrected chi connectivity index (χ3v) is 13.3. The molecule has 4 aromatic rings. The summed E-state index contributed by atoms with van der Waals surface area (Å²) in [7, 11) is 1.30. The normalized spacial score (nSPS) is 18.8. The van der Waals surface area contributed by atoms with Crippen LogP contribution in [0.5, 0.6) is 0 Å². The lowest BCUT2D eigenvalue weighted by atomic mass is 9.66. The van der Waals surface area contributed by atoms with Crippen molar-refractivity contribution in [1.29, 1.82) is 0 Å². The van der Waals surface area contributed by atoms with Crippen molar-refractivity contribution in [2.24, 2.45) is 11.3 Å². The van der Waals surface area contributed by atoms with E-state index in [4.69, 9.17) is 14.1 Å². The summed E-state index contributed by atoms with van der Waals surface area (Å²) >= 11 is 1.58. The molecule has 7 nitrogen and oxygen atoms in total. The van der Waals surface area contributed by atoms with E-state index in [-0.39, 0.29) is 17.4 Å². The fourth-order valence-electron chi connectivity index (χ4n) is 5.66. The number of nitrogens with zero attached hydrogens (tertiary/aromatic N) is 2. The summed E-state index contributed by atoms with van der Waals surface area (Å²) in [6.45, 7) is 13.8. The summed E-state index contributed by atoms with van der Waals surface area (Å²) in [6, 6.07) is 26.8. The molecule has 1 aromatic heterocycles. The molecular formula is C35H40N2O5S3Si. The predicted octanol–water partition coefficient (Wildman–Crippen LogP) is 8.75. The zero-order valence-corrected chi connectivity index (χ0v) is 30.7. The maximum Gasteiger partial charge on any atom is 0.359 e. The van der Waals surface area contributed by atoms with Crippen LogP contribution in [0.2, 0.25) is 13.1 Å². The predicted molar refractivity (Wildman–Crippen MR) is 191 cm³/mol. The number of hydrogen-bond donors (Lipinski definition) is 1. The fraction of sp³-hybridized carbons (Fsp3) is 0.343. The van der Waals surface area contributed by atoms with Crippen molar-refractivity contribution >= 4 is 64.1 Å². The minimum absolute atomic E-state index is 0.168. The Bertz CT molecular complexity index is 1650. The van der Waals surface area contributed by atoms with Crippen LogP contribution in [0.25, 0.3) is 10.2 Å². The van der Waals surface area contributed by atoms with Crippen molar-refractivity contribution in [2.75, 3.05) is 0 Å². The van der Waals surface area contributed by atoms with Gasteiger partial charge in [-0.05, 0) is 66.4 Å². The number of carbonyl (C=O) groups excluding carboxylic acids is 2. The number of fused-ring (bicyclic) bond motifs is 1. The van der Waals surface area contributed by atoms with Gasteiger partial charge >= 0.3 is 5.97 Å². The molecule has 3 atom stereocenters. The third-order valence-electron chi connectivity index (χ3n) is 8.31. The van der Waals surface area contributed by atoms with E-state index in [0.717, 1.165) is 25.7 Å². The molecule has 1 amide bonds. The summed E-state index contributed by atoms with van der Waals surface area (Å²) in [5.74, 6) is -1.94. The van der Waals surface area contributed by atoms with Crippen LogP contribution >= 0.6 is 32.9 Å². The van der Waals surface area contributed by atoms with Gasteiger partial charge in [-0.3, -0.25) is 9.69 Å². The second-order valence-electron chi connectivity index (χ2n) is 12.8. The molecule has 5 rings (SSSR count). The maximum atomic E-state index is 14.3. The first-order valence-corrected chi connectivity index (χ1v) is 21.0. The average Bonchev–Trinajstić information content (AvgIpc) is 3.43. The van der Waals surface area contributed by atoms with Crippen LogP contribution in [0.4, 0.5) is 0 Å². The Morgan fingerprint density at radius 1 is 0.957 bits per heavy atom. The lowest BCUT2D eigenvalue weighted by Gasteiger charge is -2.57.